The fourth-order valence-electron chi connectivity index (χ4n) is 1.27. The second-order valence-corrected chi connectivity index (χ2v) is 7.96. The first-order chi connectivity index (χ1) is 7.82. The van der Waals surface area contributed by atoms with Crippen molar-refractivity contribution in [3.63, 3.8) is 0 Å². The van der Waals surface area contributed by atoms with Gasteiger partial charge in [-0.1, -0.05) is 22.8 Å². The van der Waals surface area contributed by atoms with Crippen molar-refractivity contribution in [2.75, 3.05) is 12.9 Å². The Kier molecular flexibility index (Phi) is 4.40. The van der Waals surface area contributed by atoms with Gasteiger partial charge < -0.3 is 4.74 Å². The molecule has 0 saturated heterocycles. The van der Waals surface area contributed by atoms with Crippen LogP contribution in [0.4, 0.5) is 0 Å². The molecule has 96 valence electrons. The number of halogens is 1. The monoisotopic (exact) mass is 297 g/mol. The number of rotatable bonds is 4. The van der Waals surface area contributed by atoms with Gasteiger partial charge in [0.05, 0.1) is 21.7 Å². The first-order valence-corrected chi connectivity index (χ1v) is 8.61. The number of hydrogen-bond acceptors (Lipinski definition) is 4. The van der Waals surface area contributed by atoms with Gasteiger partial charge in [0.25, 0.3) is 0 Å². The van der Waals surface area contributed by atoms with Gasteiger partial charge in [-0.25, -0.2) is 4.21 Å². The third-order valence-corrected chi connectivity index (χ3v) is 6.00. The Hall–Kier alpha value is -0.790. The van der Waals surface area contributed by atoms with E-state index in [-0.39, 0.29) is 10.6 Å². The van der Waals surface area contributed by atoms with Gasteiger partial charge in [-0.3, -0.25) is 0 Å². The molecule has 5 nitrogen and oxygen atoms in total. The van der Waals surface area contributed by atoms with Crippen LogP contribution in [-0.4, -0.2) is 25.5 Å². The largest absolute Gasteiger partial charge is 0.495 e. The van der Waals surface area contributed by atoms with Gasteiger partial charge in [-0.15, -0.1) is 0 Å². The Balaban J connectivity index is 3.58. The summed E-state index contributed by atoms with van der Waals surface area (Å²) in [4.78, 5) is 0.231. The molecule has 0 unspecified atom stereocenters. The quantitative estimate of drug-likeness (QED) is 0.797. The summed E-state index contributed by atoms with van der Waals surface area (Å²) < 4.78 is 42.6. The average molecular weight is 298 g/mol. The van der Waals surface area contributed by atoms with Crippen LogP contribution in [0.5, 0.6) is 5.75 Å². The molecule has 17 heavy (non-hydrogen) atoms. The highest BCUT2D eigenvalue weighted by Gasteiger charge is 2.19. The zero-order chi connectivity index (χ0) is 13.1. The molecule has 1 aromatic rings. The molecule has 0 bridgehead atoms. The Labute approximate surface area is 105 Å². The van der Waals surface area contributed by atoms with Crippen molar-refractivity contribution in [1.29, 1.82) is 0 Å². The summed E-state index contributed by atoms with van der Waals surface area (Å²) in [6.07, 6.45) is 0. The maximum atomic E-state index is 12.4. The maximum absolute atomic E-state index is 12.4. The highest BCUT2D eigenvalue weighted by atomic mass is 35.7. The Morgan fingerprint density at radius 2 is 1.88 bits per heavy atom. The van der Waals surface area contributed by atoms with E-state index in [0.717, 1.165) is 0 Å². The van der Waals surface area contributed by atoms with Gasteiger partial charge in [0.1, 0.15) is 5.75 Å². The molecule has 0 N–H and O–H groups in total. The Bertz CT molecular complexity index is 618. The van der Waals surface area contributed by atoms with Crippen molar-refractivity contribution in [1.82, 2.24) is 0 Å². The highest BCUT2D eigenvalue weighted by molar-refractivity contribution is 8.17. The minimum atomic E-state index is -4.20. The second kappa shape index (κ2) is 5.24. The van der Waals surface area contributed by atoms with Gasteiger partial charge >= 0.3 is 9.24 Å². The summed E-state index contributed by atoms with van der Waals surface area (Å²) in [7, 11) is -0.893. The zero-order valence-electron chi connectivity index (χ0n) is 9.29. The Morgan fingerprint density at radius 1 is 1.29 bits per heavy atom. The van der Waals surface area contributed by atoms with Crippen LogP contribution in [0.3, 0.4) is 0 Å². The first-order valence-electron chi connectivity index (χ1n) is 4.66. The number of hydrogen-bond donors (Lipinski definition) is 0. The lowest BCUT2D eigenvalue weighted by Gasteiger charge is -2.10. The van der Waals surface area contributed by atoms with E-state index in [9.17, 15) is 12.6 Å². The van der Waals surface area contributed by atoms with E-state index in [0.29, 0.717) is 5.75 Å². The number of ether oxygens (including phenoxy) is 1. The van der Waals surface area contributed by atoms with Crippen LogP contribution < -0.4 is 4.74 Å². The molecular weight excluding hydrogens is 286 g/mol. The van der Waals surface area contributed by atoms with Gasteiger partial charge in [0.2, 0.25) is 0 Å². The molecule has 1 rings (SSSR count). The van der Waals surface area contributed by atoms with Crippen molar-refractivity contribution in [2.45, 2.75) is 11.8 Å². The lowest BCUT2D eigenvalue weighted by molar-refractivity contribution is 0.404. The number of para-hydroxylation sites is 1. The normalized spacial score (nSPS) is 15.0. The van der Waals surface area contributed by atoms with Crippen molar-refractivity contribution in [2.24, 2.45) is 3.77 Å². The molecule has 0 fully saturated rings. The minimum absolute atomic E-state index is 0.0271. The fourth-order valence-corrected chi connectivity index (χ4v) is 5.05. The predicted octanol–water partition coefficient (Wildman–Crippen LogP) is 2.03. The molecule has 0 amide bonds. The topological polar surface area (TPSA) is 72.8 Å². The zero-order valence-corrected chi connectivity index (χ0v) is 11.7. The molecule has 1 atom stereocenters. The summed E-state index contributed by atoms with van der Waals surface area (Å²) in [5.74, 6) is 0.350. The Morgan fingerprint density at radius 3 is 2.35 bits per heavy atom. The molecule has 1 aromatic carbocycles. The van der Waals surface area contributed by atoms with Crippen molar-refractivity contribution < 1.29 is 17.4 Å². The molecule has 8 heteroatoms. The van der Waals surface area contributed by atoms with Gasteiger partial charge in [-0.05, 0) is 12.1 Å². The molecular formula is C9H12ClNO4S2. The number of methoxy groups -OCH3 is 1. The molecule has 0 spiro atoms. The van der Waals surface area contributed by atoms with E-state index >= 15 is 0 Å². The third-order valence-electron chi connectivity index (χ3n) is 2.01. The van der Waals surface area contributed by atoms with Gasteiger partial charge in [0, 0.05) is 16.4 Å². The van der Waals surface area contributed by atoms with E-state index in [1.54, 1.807) is 25.1 Å². The van der Waals surface area contributed by atoms with E-state index in [1.165, 1.54) is 13.2 Å². The summed E-state index contributed by atoms with van der Waals surface area (Å²) in [6, 6.07) is 6.41. The van der Waals surface area contributed by atoms with Crippen molar-refractivity contribution in [3.8, 4) is 5.75 Å². The van der Waals surface area contributed by atoms with Crippen LogP contribution in [0.2, 0.25) is 0 Å². The molecule has 0 saturated carbocycles. The van der Waals surface area contributed by atoms with Crippen molar-refractivity contribution >= 4 is 29.6 Å². The average Bonchev–Trinajstić information content (AvgIpc) is 2.26. The summed E-state index contributed by atoms with van der Waals surface area (Å²) in [6.45, 7) is 1.57. The smallest absolute Gasteiger partial charge is 0.347 e. The number of benzene rings is 1. The summed E-state index contributed by atoms with van der Waals surface area (Å²) >= 11 is 0. The van der Waals surface area contributed by atoms with Crippen LogP contribution in [0.25, 0.3) is 0 Å². The lowest BCUT2D eigenvalue weighted by Crippen LogP contribution is -2.07. The van der Waals surface area contributed by atoms with E-state index in [1.807, 2.05) is 0 Å². The maximum Gasteiger partial charge on any atom is 0.347 e. The van der Waals surface area contributed by atoms with E-state index < -0.39 is 19.0 Å². The fraction of sp³-hybridized carbons (Fsp3) is 0.333. The molecule has 0 radical (unpaired) electrons. The van der Waals surface area contributed by atoms with E-state index in [2.05, 4.69) is 3.77 Å². The highest BCUT2D eigenvalue weighted by Crippen LogP contribution is 2.26. The standard InChI is InChI=1S/C9H12ClNO4S2/c1-3-16(12,11-17(10,13)14)9-7-5-4-6-8(9)15-2/h4-7H,3H2,1-2H3/t16-/m0/s1. The molecule has 0 heterocycles. The lowest BCUT2D eigenvalue weighted by atomic mass is 10.3. The van der Waals surface area contributed by atoms with Crippen molar-refractivity contribution in [3.05, 3.63) is 24.3 Å². The van der Waals surface area contributed by atoms with Crippen LogP contribution >= 0.6 is 10.7 Å². The first kappa shape index (κ1) is 14.3. The predicted molar refractivity (Wildman–Crippen MR) is 67.1 cm³/mol. The third kappa shape index (κ3) is 3.58. The van der Waals surface area contributed by atoms with Gasteiger partial charge in [-0.2, -0.15) is 8.42 Å². The van der Waals surface area contributed by atoms with Crippen LogP contribution in [0.15, 0.2) is 32.9 Å². The van der Waals surface area contributed by atoms with E-state index in [4.69, 9.17) is 15.4 Å². The summed E-state index contributed by atoms with van der Waals surface area (Å²) in [5.41, 5.74) is 0. The molecule has 0 aliphatic carbocycles. The molecule has 0 aliphatic rings. The van der Waals surface area contributed by atoms with Crippen LogP contribution in [-0.2, 0) is 19.0 Å². The SMILES string of the molecule is CC[S@@](=O)(=NS(=O)(=O)Cl)c1ccccc1OC. The van der Waals surface area contributed by atoms with Crippen LogP contribution in [0.1, 0.15) is 6.92 Å². The van der Waals surface area contributed by atoms with Crippen LogP contribution in [0, 0.1) is 0 Å². The number of nitrogens with zero attached hydrogens (tertiary/aromatic N) is 1. The summed E-state index contributed by atoms with van der Waals surface area (Å²) in [5, 5.41) is 0. The molecule has 0 aliphatic heterocycles. The van der Waals surface area contributed by atoms with Gasteiger partial charge in [0.15, 0.2) is 0 Å². The molecule has 0 aromatic heterocycles. The minimum Gasteiger partial charge on any atom is -0.495 e. The second-order valence-electron chi connectivity index (χ2n) is 3.07.